The summed E-state index contributed by atoms with van der Waals surface area (Å²) in [5.41, 5.74) is 19.8. The maximum Gasteiger partial charge on any atom is 0.143 e. The van der Waals surface area contributed by atoms with Gasteiger partial charge in [0.15, 0.2) is 0 Å². The van der Waals surface area contributed by atoms with E-state index in [1.54, 1.807) is 0 Å². The van der Waals surface area contributed by atoms with Gasteiger partial charge in [0.2, 0.25) is 0 Å². The number of anilines is 3. The van der Waals surface area contributed by atoms with Crippen LogP contribution in [0.25, 0.3) is 88.3 Å². The molecule has 0 unspecified atom stereocenters. The number of hydrogen-bond donors (Lipinski definition) is 0. The smallest absolute Gasteiger partial charge is 0.143 e. The third-order valence-corrected chi connectivity index (χ3v) is 12.5. The lowest BCUT2D eigenvalue weighted by atomic mass is 9.97. The molecule has 0 fully saturated rings. The minimum Gasteiger partial charge on any atom is -0.455 e. The highest BCUT2D eigenvalue weighted by atomic mass is 16.3. The van der Waals surface area contributed by atoms with Gasteiger partial charge in [-0.1, -0.05) is 182 Å². The van der Waals surface area contributed by atoms with E-state index in [-0.39, 0.29) is 0 Å². The van der Waals surface area contributed by atoms with Crippen molar-refractivity contribution in [2.75, 3.05) is 4.90 Å². The van der Waals surface area contributed by atoms with Gasteiger partial charge in [0.05, 0.1) is 0 Å². The number of nitrogens with zero attached hydrogens (tertiary/aromatic N) is 1. The summed E-state index contributed by atoms with van der Waals surface area (Å²) in [5, 5.41) is 4.90. The van der Waals surface area contributed by atoms with E-state index in [0.29, 0.717) is 0 Å². The Kier molecular flexibility index (Phi) is 8.28. The van der Waals surface area contributed by atoms with E-state index < -0.39 is 0 Å². The molecule has 0 atom stereocenters. The molecule has 1 aliphatic rings. The van der Waals surface area contributed by atoms with Crippen LogP contribution in [0.3, 0.4) is 0 Å². The first kappa shape index (κ1) is 35.0. The minimum absolute atomic E-state index is 0.910. The molecule has 0 spiro atoms. The van der Waals surface area contributed by atoms with E-state index in [4.69, 9.17) is 4.42 Å². The molecule has 0 saturated carbocycles. The van der Waals surface area contributed by atoms with E-state index in [2.05, 4.69) is 229 Å². The molecular weight excluding hydrogens is 739 g/mol. The highest BCUT2D eigenvalue weighted by Crippen LogP contribution is 2.45. The third-order valence-electron chi connectivity index (χ3n) is 12.5. The van der Waals surface area contributed by atoms with Crippen molar-refractivity contribution >= 4 is 49.8 Å². The van der Waals surface area contributed by atoms with Crippen molar-refractivity contribution in [2.45, 2.75) is 6.42 Å². The number of rotatable bonds is 7. The number of hydrogen-bond acceptors (Lipinski definition) is 2. The van der Waals surface area contributed by atoms with Crippen LogP contribution in [0.4, 0.5) is 17.1 Å². The second-order valence-electron chi connectivity index (χ2n) is 16.0. The van der Waals surface area contributed by atoms with E-state index in [0.717, 1.165) is 78.8 Å². The summed E-state index contributed by atoms with van der Waals surface area (Å²) in [5.74, 6) is 0. The summed E-state index contributed by atoms with van der Waals surface area (Å²) in [6.45, 7) is 0. The van der Waals surface area contributed by atoms with Gasteiger partial charge in [0.25, 0.3) is 0 Å². The van der Waals surface area contributed by atoms with Crippen LogP contribution in [0.5, 0.6) is 0 Å². The molecule has 0 saturated heterocycles. The Hall–Kier alpha value is -7.94. The van der Waals surface area contributed by atoms with Crippen LogP contribution in [0.15, 0.2) is 229 Å². The van der Waals surface area contributed by atoms with Crippen LogP contribution in [0.1, 0.15) is 11.1 Å². The molecule has 0 aliphatic heterocycles. The molecule has 2 heteroatoms. The number of fused-ring (bicyclic) bond motifs is 8. The molecule has 0 N–H and O–H groups in total. The van der Waals surface area contributed by atoms with Crippen LogP contribution in [-0.2, 0) is 6.42 Å². The van der Waals surface area contributed by atoms with Gasteiger partial charge in [0.1, 0.15) is 11.2 Å². The van der Waals surface area contributed by atoms with Gasteiger partial charge in [-0.3, -0.25) is 0 Å². The van der Waals surface area contributed by atoms with Crippen LogP contribution >= 0.6 is 0 Å². The van der Waals surface area contributed by atoms with Crippen LogP contribution in [0, 0.1) is 0 Å². The first-order chi connectivity index (χ1) is 30.2. The van der Waals surface area contributed by atoms with E-state index in [1.807, 2.05) is 0 Å². The predicted molar refractivity (Wildman–Crippen MR) is 256 cm³/mol. The standard InChI is InChI=1S/C59H39NO/c1-3-12-39(13-4-1)40-24-29-47(30-25-40)60(49-33-35-51-46(37-49)38-57-50-19-8-7-16-43(50)28-34-54(51)57)48-31-26-41(27-32-48)44-17-9-18-45(36-44)53-21-11-23-56-55-22-10-20-52(58(55)61-59(53)56)42-14-5-2-6-15-42/h1-37H,38H2. The molecule has 1 heterocycles. The quantitative estimate of drug-likeness (QED) is 0.160. The third kappa shape index (κ3) is 6.03. The Balaban J connectivity index is 0.914. The molecule has 61 heavy (non-hydrogen) atoms. The second kappa shape index (κ2) is 14.4. The lowest BCUT2D eigenvalue weighted by Crippen LogP contribution is -2.10. The Morgan fingerprint density at radius 3 is 1.52 bits per heavy atom. The minimum atomic E-state index is 0.910. The molecule has 286 valence electrons. The van der Waals surface area contributed by atoms with Gasteiger partial charge < -0.3 is 9.32 Å². The van der Waals surface area contributed by atoms with Crippen molar-refractivity contribution in [3.63, 3.8) is 0 Å². The molecule has 0 amide bonds. The van der Waals surface area contributed by atoms with Crippen LogP contribution in [-0.4, -0.2) is 0 Å². The topological polar surface area (TPSA) is 16.4 Å². The molecule has 1 aromatic heterocycles. The van der Waals surface area contributed by atoms with Crippen molar-refractivity contribution in [2.24, 2.45) is 0 Å². The summed E-state index contributed by atoms with van der Waals surface area (Å²) in [6.07, 6.45) is 0.922. The Morgan fingerprint density at radius 2 is 0.820 bits per heavy atom. The second-order valence-corrected chi connectivity index (χ2v) is 16.0. The molecule has 12 rings (SSSR count). The highest BCUT2D eigenvalue weighted by Gasteiger charge is 2.23. The molecule has 2 nitrogen and oxygen atoms in total. The zero-order chi connectivity index (χ0) is 40.3. The van der Waals surface area contributed by atoms with Gasteiger partial charge in [-0.05, 0) is 115 Å². The fourth-order valence-corrected chi connectivity index (χ4v) is 9.54. The average molecular weight is 778 g/mol. The van der Waals surface area contributed by atoms with Gasteiger partial charge in [0, 0.05) is 39.0 Å². The molecule has 0 bridgehead atoms. The number of benzene rings is 10. The Labute approximate surface area is 355 Å². The fourth-order valence-electron chi connectivity index (χ4n) is 9.54. The molecule has 10 aromatic carbocycles. The summed E-state index contributed by atoms with van der Waals surface area (Å²) >= 11 is 0. The van der Waals surface area contributed by atoms with Crippen molar-refractivity contribution < 1.29 is 4.42 Å². The van der Waals surface area contributed by atoms with Gasteiger partial charge in [-0.2, -0.15) is 0 Å². The number of para-hydroxylation sites is 2. The molecule has 11 aromatic rings. The highest BCUT2D eigenvalue weighted by molar-refractivity contribution is 6.13. The first-order valence-corrected chi connectivity index (χ1v) is 21.0. The van der Waals surface area contributed by atoms with Crippen molar-refractivity contribution in [3.05, 3.63) is 236 Å². The zero-order valence-electron chi connectivity index (χ0n) is 33.4. The van der Waals surface area contributed by atoms with Crippen molar-refractivity contribution in [1.29, 1.82) is 0 Å². The normalized spacial score (nSPS) is 11.9. The summed E-state index contributed by atoms with van der Waals surface area (Å²) in [6, 6.07) is 81.2. The van der Waals surface area contributed by atoms with E-state index >= 15 is 0 Å². The maximum atomic E-state index is 6.79. The van der Waals surface area contributed by atoms with Crippen LogP contribution in [0.2, 0.25) is 0 Å². The monoisotopic (exact) mass is 777 g/mol. The zero-order valence-corrected chi connectivity index (χ0v) is 33.4. The van der Waals surface area contributed by atoms with Crippen LogP contribution < -0.4 is 4.90 Å². The molecule has 1 aliphatic carbocycles. The number of furan rings is 1. The van der Waals surface area contributed by atoms with Gasteiger partial charge in [-0.25, -0.2) is 0 Å². The molecular formula is C59H39NO. The lowest BCUT2D eigenvalue weighted by molar-refractivity contribution is 0.671. The Morgan fingerprint density at radius 1 is 0.311 bits per heavy atom. The SMILES string of the molecule is c1ccc(-c2ccc(N(c3ccc(-c4cccc(-c5cccc6c5oc5c(-c7ccccc7)cccc56)c4)cc3)c3ccc4c(c3)Cc3c-4ccc4ccccc34)cc2)cc1. The van der Waals surface area contributed by atoms with Gasteiger partial charge in [-0.15, -0.1) is 0 Å². The fraction of sp³-hybridized carbons (Fsp3) is 0.0169. The maximum absolute atomic E-state index is 6.79. The van der Waals surface area contributed by atoms with Crippen molar-refractivity contribution in [1.82, 2.24) is 0 Å². The summed E-state index contributed by atoms with van der Waals surface area (Å²) in [7, 11) is 0. The summed E-state index contributed by atoms with van der Waals surface area (Å²) < 4.78 is 6.79. The largest absolute Gasteiger partial charge is 0.455 e. The average Bonchev–Trinajstić information content (AvgIpc) is 3.91. The van der Waals surface area contributed by atoms with E-state index in [9.17, 15) is 0 Å². The molecule has 0 radical (unpaired) electrons. The van der Waals surface area contributed by atoms with Crippen molar-refractivity contribution in [3.8, 4) is 55.6 Å². The lowest BCUT2D eigenvalue weighted by Gasteiger charge is -2.26. The van der Waals surface area contributed by atoms with Gasteiger partial charge >= 0.3 is 0 Å². The van der Waals surface area contributed by atoms with E-state index in [1.165, 1.54) is 44.2 Å². The predicted octanol–water partition coefficient (Wildman–Crippen LogP) is 16.4. The first-order valence-electron chi connectivity index (χ1n) is 21.0. The summed E-state index contributed by atoms with van der Waals surface area (Å²) in [4.78, 5) is 2.39. The Bertz CT molecular complexity index is 3420.